The van der Waals surface area contributed by atoms with Gasteiger partial charge in [-0.05, 0) is 39.7 Å². The fourth-order valence-electron chi connectivity index (χ4n) is 2.85. The van der Waals surface area contributed by atoms with Crippen molar-refractivity contribution in [2.75, 3.05) is 18.0 Å². The number of nitrogens with two attached hydrogens (primary N) is 1. The lowest BCUT2D eigenvalue weighted by Gasteiger charge is -2.39. The number of pyridine rings is 1. The molecule has 1 aliphatic heterocycles. The van der Waals surface area contributed by atoms with Gasteiger partial charge >= 0.3 is 0 Å². The lowest BCUT2D eigenvalue weighted by molar-refractivity contribution is 0.0449. The smallest absolute Gasteiger partial charge is 0.174 e. The fraction of sp³-hybridized carbons (Fsp3) is 0.571. The van der Waals surface area contributed by atoms with Crippen LogP contribution in [0.2, 0.25) is 0 Å². The van der Waals surface area contributed by atoms with E-state index in [0.717, 1.165) is 36.5 Å². The summed E-state index contributed by atoms with van der Waals surface area (Å²) >= 11 is 0. The van der Waals surface area contributed by atoms with Gasteiger partial charge in [0.15, 0.2) is 5.84 Å². The molecule has 6 heteroatoms. The van der Waals surface area contributed by atoms with E-state index in [1.807, 2.05) is 26.8 Å². The van der Waals surface area contributed by atoms with Gasteiger partial charge in [-0.1, -0.05) is 5.16 Å². The van der Waals surface area contributed by atoms with E-state index < -0.39 is 5.60 Å². The Balaban J connectivity index is 2.49. The summed E-state index contributed by atoms with van der Waals surface area (Å²) in [7, 11) is 0. The maximum atomic E-state index is 10.3. The molecule has 1 fully saturated rings. The first-order chi connectivity index (χ1) is 9.34. The number of hydrogen-bond donors (Lipinski definition) is 3. The van der Waals surface area contributed by atoms with Crippen LogP contribution in [0.25, 0.3) is 0 Å². The summed E-state index contributed by atoms with van der Waals surface area (Å²) in [6, 6.07) is 1.92. The molecule has 0 spiro atoms. The van der Waals surface area contributed by atoms with Gasteiger partial charge in [-0.25, -0.2) is 0 Å². The number of piperidine rings is 1. The highest BCUT2D eigenvalue weighted by Crippen LogP contribution is 2.30. The average Bonchev–Trinajstić information content (AvgIpc) is 2.35. The molecule has 4 N–H and O–H groups in total. The number of anilines is 1. The molecule has 0 aromatic carbocycles. The van der Waals surface area contributed by atoms with Gasteiger partial charge in [-0.2, -0.15) is 0 Å². The fourth-order valence-corrected chi connectivity index (χ4v) is 2.85. The van der Waals surface area contributed by atoms with Crippen molar-refractivity contribution in [2.24, 2.45) is 10.9 Å². The molecule has 1 aromatic heterocycles. The normalized spacial score (nSPS) is 24.0. The molecule has 1 aliphatic rings. The van der Waals surface area contributed by atoms with E-state index >= 15 is 0 Å². The summed E-state index contributed by atoms with van der Waals surface area (Å²) in [5.74, 6) is 0.0511. The SMILES string of the molecule is Cc1cc(N2CCCC(C)(O)C2)c(/C(N)=N/O)c(C)n1. The lowest BCUT2D eigenvalue weighted by atomic mass is 9.94. The van der Waals surface area contributed by atoms with Crippen molar-refractivity contribution in [3.63, 3.8) is 0 Å². The molecule has 110 valence electrons. The standard InChI is InChI=1S/C14H22N4O2/c1-9-7-11(12(10(2)16-9)13(15)17-20)18-6-4-5-14(3,19)8-18/h7,19-20H,4-6,8H2,1-3H3,(H2,15,17). The van der Waals surface area contributed by atoms with Crippen LogP contribution in [0.1, 0.15) is 36.7 Å². The molecular weight excluding hydrogens is 256 g/mol. The number of aliphatic hydroxyl groups is 1. The molecule has 1 aromatic rings. The Morgan fingerprint density at radius 3 is 2.80 bits per heavy atom. The molecule has 1 atom stereocenters. The summed E-state index contributed by atoms with van der Waals surface area (Å²) in [5, 5.41) is 22.3. The summed E-state index contributed by atoms with van der Waals surface area (Å²) in [6.45, 7) is 6.95. The minimum Gasteiger partial charge on any atom is -0.409 e. The number of rotatable bonds is 2. The Bertz CT molecular complexity index is 540. The average molecular weight is 278 g/mol. The highest BCUT2D eigenvalue weighted by atomic mass is 16.4. The minimum atomic E-state index is -0.717. The van der Waals surface area contributed by atoms with Gasteiger partial charge in [0.2, 0.25) is 0 Å². The van der Waals surface area contributed by atoms with Gasteiger partial charge in [0.05, 0.1) is 22.5 Å². The molecule has 0 aliphatic carbocycles. The van der Waals surface area contributed by atoms with Crippen LogP contribution < -0.4 is 10.6 Å². The zero-order chi connectivity index (χ0) is 14.9. The van der Waals surface area contributed by atoms with Crippen molar-refractivity contribution in [2.45, 2.75) is 39.2 Å². The number of aromatic nitrogens is 1. The third-order valence-corrected chi connectivity index (χ3v) is 3.69. The monoisotopic (exact) mass is 278 g/mol. The van der Waals surface area contributed by atoms with E-state index in [0.29, 0.717) is 12.1 Å². The van der Waals surface area contributed by atoms with Crippen molar-refractivity contribution in [1.29, 1.82) is 0 Å². The molecule has 1 saturated heterocycles. The van der Waals surface area contributed by atoms with Gasteiger partial charge in [0.25, 0.3) is 0 Å². The van der Waals surface area contributed by atoms with Gasteiger partial charge in [-0.15, -0.1) is 0 Å². The summed E-state index contributed by atoms with van der Waals surface area (Å²) in [4.78, 5) is 6.46. The molecule has 0 bridgehead atoms. The highest BCUT2D eigenvalue weighted by molar-refractivity contribution is 6.03. The summed E-state index contributed by atoms with van der Waals surface area (Å²) < 4.78 is 0. The second kappa shape index (κ2) is 5.28. The molecule has 0 amide bonds. The topological polar surface area (TPSA) is 95.0 Å². The second-order valence-electron chi connectivity index (χ2n) is 5.75. The zero-order valence-electron chi connectivity index (χ0n) is 12.2. The number of β-amino-alcohol motifs (C(OH)–C–C–N with tert-alkyl or cyclic N) is 1. The van der Waals surface area contributed by atoms with Crippen LogP contribution in [0.15, 0.2) is 11.2 Å². The summed E-state index contributed by atoms with van der Waals surface area (Å²) in [5.41, 5.74) is 8.17. The van der Waals surface area contributed by atoms with Gasteiger partial charge < -0.3 is 20.9 Å². The van der Waals surface area contributed by atoms with Crippen LogP contribution in [0.3, 0.4) is 0 Å². The van der Waals surface area contributed by atoms with Crippen LogP contribution in [0, 0.1) is 13.8 Å². The van der Waals surface area contributed by atoms with E-state index in [2.05, 4.69) is 15.0 Å². The Morgan fingerprint density at radius 2 is 2.20 bits per heavy atom. The van der Waals surface area contributed by atoms with Crippen molar-refractivity contribution < 1.29 is 10.3 Å². The summed E-state index contributed by atoms with van der Waals surface area (Å²) in [6.07, 6.45) is 1.69. The van der Waals surface area contributed by atoms with Crippen molar-refractivity contribution in [3.8, 4) is 0 Å². The molecule has 6 nitrogen and oxygen atoms in total. The van der Waals surface area contributed by atoms with Gasteiger partial charge in [0.1, 0.15) is 0 Å². The molecule has 1 unspecified atom stereocenters. The zero-order valence-corrected chi connectivity index (χ0v) is 12.2. The lowest BCUT2D eigenvalue weighted by Crippen LogP contribution is -2.47. The van der Waals surface area contributed by atoms with E-state index in [1.165, 1.54) is 0 Å². The molecule has 0 radical (unpaired) electrons. The first-order valence-corrected chi connectivity index (χ1v) is 6.77. The Kier molecular flexibility index (Phi) is 3.85. The molecule has 0 saturated carbocycles. The maximum Gasteiger partial charge on any atom is 0.174 e. The Hall–Kier alpha value is -1.82. The van der Waals surface area contributed by atoms with Crippen LogP contribution in [-0.4, -0.2) is 39.8 Å². The van der Waals surface area contributed by atoms with E-state index in [4.69, 9.17) is 10.9 Å². The van der Waals surface area contributed by atoms with E-state index in [9.17, 15) is 5.11 Å². The minimum absolute atomic E-state index is 0.0511. The van der Waals surface area contributed by atoms with Crippen LogP contribution in [0.4, 0.5) is 5.69 Å². The van der Waals surface area contributed by atoms with Crippen LogP contribution >= 0.6 is 0 Å². The predicted molar refractivity (Wildman–Crippen MR) is 78.3 cm³/mol. The van der Waals surface area contributed by atoms with Crippen molar-refractivity contribution >= 4 is 11.5 Å². The quantitative estimate of drug-likeness (QED) is 0.326. The second-order valence-corrected chi connectivity index (χ2v) is 5.75. The van der Waals surface area contributed by atoms with Crippen molar-refractivity contribution in [1.82, 2.24) is 4.98 Å². The first kappa shape index (κ1) is 14.6. The van der Waals surface area contributed by atoms with E-state index in [1.54, 1.807) is 0 Å². The predicted octanol–water partition coefficient (Wildman–Crippen LogP) is 1.14. The Labute approximate surface area is 118 Å². The maximum absolute atomic E-state index is 10.3. The largest absolute Gasteiger partial charge is 0.409 e. The molecule has 20 heavy (non-hydrogen) atoms. The number of hydrogen-bond acceptors (Lipinski definition) is 5. The third-order valence-electron chi connectivity index (χ3n) is 3.69. The first-order valence-electron chi connectivity index (χ1n) is 6.77. The number of oxime groups is 1. The van der Waals surface area contributed by atoms with Crippen molar-refractivity contribution in [3.05, 3.63) is 23.0 Å². The number of amidine groups is 1. The molecule has 2 rings (SSSR count). The Morgan fingerprint density at radius 1 is 1.50 bits per heavy atom. The number of nitrogens with zero attached hydrogens (tertiary/aromatic N) is 3. The van der Waals surface area contributed by atoms with E-state index in [-0.39, 0.29) is 5.84 Å². The highest BCUT2D eigenvalue weighted by Gasteiger charge is 2.30. The van der Waals surface area contributed by atoms with Crippen LogP contribution in [-0.2, 0) is 0 Å². The number of aryl methyl sites for hydroxylation is 2. The van der Waals surface area contributed by atoms with Crippen LogP contribution in [0.5, 0.6) is 0 Å². The van der Waals surface area contributed by atoms with Gasteiger partial charge in [0, 0.05) is 18.8 Å². The third kappa shape index (κ3) is 2.85. The molecule has 2 heterocycles. The molecular formula is C14H22N4O2. The van der Waals surface area contributed by atoms with Gasteiger partial charge in [-0.3, -0.25) is 4.98 Å².